The zero-order chi connectivity index (χ0) is 9.14. The summed E-state index contributed by atoms with van der Waals surface area (Å²) in [7, 11) is 0. The molecule has 12 heavy (non-hydrogen) atoms. The van der Waals surface area contributed by atoms with Gasteiger partial charge in [0.25, 0.3) is 0 Å². The van der Waals surface area contributed by atoms with E-state index in [-0.39, 0.29) is 11.2 Å². The van der Waals surface area contributed by atoms with Crippen LogP contribution in [0, 0.1) is 0 Å². The summed E-state index contributed by atoms with van der Waals surface area (Å²) in [6, 6.07) is 3.65. The van der Waals surface area contributed by atoms with Crippen LogP contribution in [0.25, 0.3) is 0 Å². The quantitative estimate of drug-likeness (QED) is 0.603. The van der Waals surface area contributed by atoms with Crippen molar-refractivity contribution in [1.29, 1.82) is 0 Å². The van der Waals surface area contributed by atoms with Gasteiger partial charge in [0.15, 0.2) is 5.78 Å². The molecule has 0 aromatic carbocycles. The highest BCUT2D eigenvalue weighted by molar-refractivity contribution is 9.11. The van der Waals surface area contributed by atoms with Crippen LogP contribution >= 0.6 is 38.9 Å². The molecule has 1 heterocycles. The minimum atomic E-state index is -0.379. The van der Waals surface area contributed by atoms with E-state index >= 15 is 0 Å². The van der Waals surface area contributed by atoms with Crippen molar-refractivity contribution in [2.75, 3.05) is 0 Å². The van der Waals surface area contributed by atoms with Crippen LogP contribution in [-0.4, -0.2) is 11.2 Å². The van der Waals surface area contributed by atoms with Crippen LogP contribution < -0.4 is 0 Å². The molecule has 1 nitrogen and oxygen atoms in total. The fraction of sp³-hybridized carbons (Fsp3) is 0.375. The van der Waals surface area contributed by atoms with Crippen molar-refractivity contribution in [1.82, 2.24) is 0 Å². The third-order valence-corrected chi connectivity index (χ3v) is 3.60. The molecule has 0 aliphatic rings. The SMILES string of the molecule is CCC(Cl)C(=O)c1ccc(Br)s1. The largest absolute Gasteiger partial charge is 0.292 e. The first kappa shape index (κ1) is 10.2. The molecule has 0 amide bonds. The molecular formula is C8H8BrClOS. The summed E-state index contributed by atoms with van der Waals surface area (Å²) >= 11 is 10.5. The van der Waals surface area contributed by atoms with Crippen LogP contribution in [0.5, 0.6) is 0 Å². The second-order valence-corrected chi connectivity index (χ2v) is 5.33. The van der Waals surface area contributed by atoms with E-state index in [1.165, 1.54) is 11.3 Å². The van der Waals surface area contributed by atoms with Gasteiger partial charge in [-0.25, -0.2) is 0 Å². The smallest absolute Gasteiger partial charge is 0.190 e. The second-order valence-electron chi connectivity index (χ2n) is 2.34. The monoisotopic (exact) mass is 266 g/mol. The molecular weight excluding hydrogens is 260 g/mol. The van der Waals surface area contributed by atoms with E-state index in [1.54, 1.807) is 6.07 Å². The van der Waals surface area contributed by atoms with Crippen LogP contribution in [0.2, 0.25) is 0 Å². The number of carbonyl (C=O) groups is 1. The lowest BCUT2D eigenvalue weighted by atomic mass is 10.2. The summed E-state index contributed by atoms with van der Waals surface area (Å²) in [6.07, 6.45) is 0.676. The van der Waals surface area contributed by atoms with Gasteiger partial charge in [0, 0.05) is 0 Å². The predicted molar refractivity (Wildman–Crippen MR) is 56.3 cm³/mol. The van der Waals surface area contributed by atoms with Gasteiger partial charge in [-0.3, -0.25) is 4.79 Å². The maximum absolute atomic E-state index is 11.4. The average molecular weight is 268 g/mol. The Morgan fingerprint density at radius 1 is 1.75 bits per heavy atom. The van der Waals surface area contributed by atoms with Crippen molar-refractivity contribution in [2.45, 2.75) is 18.7 Å². The Hall–Kier alpha value is 0.140. The first-order valence-electron chi connectivity index (χ1n) is 3.58. The molecule has 0 aliphatic carbocycles. The van der Waals surface area contributed by atoms with Gasteiger partial charge >= 0.3 is 0 Å². The molecule has 66 valence electrons. The molecule has 0 saturated carbocycles. The molecule has 1 aromatic heterocycles. The number of Topliss-reactive ketones (excluding diaryl/α,β-unsaturated/α-hetero) is 1. The number of thiophene rings is 1. The number of carbonyl (C=O) groups excluding carboxylic acids is 1. The number of rotatable bonds is 3. The molecule has 0 saturated heterocycles. The standard InChI is InChI=1S/C8H8BrClOS/c1-2-5(10)8(11)6-3-4-7(9)12-6/h3-5H,2H2,1H3. The maximum atomic E-state index is 11.4. The second kappa shape index (κ2) is 4.40. The van der Waals surface area contributed by atoms with Crippen LogP contribution in [0.4, 0.5) is 0 Å². The molecule has 0 bridgehead atoms. The summed E-state index contributed by atoms with van der Waals surface area (Å²) in [5, 5.41) is -0.379. The molecule has 1 atom stereocenters. The fourth-order valence-corrected chi connectivity index (χ4v) is 2.35. The van der Waals surface area contributed by atoms with Crippen molar-refractivity contribution in [3.05, 3.63) is 20.8 Å². The molecule has 1 rings (SSSR count). The molecule has 0 aliphatic heterocycles. The van der Waals surface area contributed by atoms with Gasteiger partial charge in [-0.1, -0.05) is 6.92 Å². The molecule has 0 fully saturated rings. The Bertz CT molecular complexity index is 284. The van der Waals surface area contributed by atoms with E-state index in [9.17, 15) is 4.79 Å². The van der Waals surface area contributed by atoms with E-state index < -0.39 is 0 Å². The third kappa shape index (κ3) is 2.31. The van der Waals surface area contributed by atoms with Crippen LogP contribution in [0.1, 0.15) is 23.0 Å². The van der Waals surface area contributed by atoms with Gasteiger partial charge in [0.1, 0.15) is 0 Å². The Kier molecular flexibility index (Phi) is 3.75. The predicted octanol–water partition coefficient (Wildman–Crippen LogP) is 3.71. The zero-order valence-corrected chi connectivity index (χ0v) is 9.67. The number of hydrogen-bond acceptors (Lipinski definition) is 2. The summed E-state index contributed by atoms with van der Waals surface area (Å²) in [5.41, 5.74) is 0. The van der Waals surface area contributed by atoms with Crippen molar-refractivity contribution in [3.63, 3.8) is 0 Å². The van der Waals surface area contributed by atoms with Gasteiger partial charge in [0.05, 0.1) is 14.0 Å². The van der Waals surface area contributed by atoms with Crippen molar-refractivity contribution in [3.8, 4) is 0 Å². The highest BCUT2D eigenvalue weighted by Crippen LogP contribution is 2.24. The van der Waals surface area contributed by atoms with Crippen LogP contribution in [-0.2, 0) is 0 Å². The Labute approximate surface area is 88.9 Å². The Morgan fingerprint density at radius 3 is 2.83 bits per heavy atom. The van der Waals surface area contributed by atoms with E-state index in [0.29, 0.717) is 6.42 Å². The number of ketones is 1. The fourth-order valence-electron chi connectivity index (χ4n) is 0.786. The molecule has 1 aromatic rings. The molecule has 0 radical (unpaired) electrons. The van der Waals surface area contributed by atoms with Gasteiger partial charge in [-0.15, -0.1) is 22.9 Å². The van der Waals surface area contributed by atoms with Gasteiger partial charge in [-0.05, 0) is 34.5 Å². The van der Waals surface area contributed by atoms with Crippen molar-refractivity contribution >= 4 is 44.7 Å². The van der Waals surface area contributed by atoms with Crippen LogP contribution in [0.15, 0.2) is 15.9 Å². The highest BCUT2D eigenvalue weighted by Gasteiger charge is 2.16. The number of alkyl halides is 1. The Morgan fingerprint density at radius 2 is 2.42 bits per heavy atom. The van der Waals surface area contributed by atoms with Gasteiger partial charge in [-0.2, -0.15) is 0 Å². The summed E-state index contributed by atoms with van der Waals surface area (Å²) < 4.78 is 0.964. The highest BCUT2D eigenvalue weighted by atomic mass is 79.9. The normalized spacial score (nSPS) is 12.9. The molecule has 0 N–H and O–H groups in total. The lowest BCUT2D eigenvalue weighted by molar-refractivity contribution is 0.0989. The number of halogens is 2. The summed E-state index contributed by atoms with van der Waals surface area (Å²) in [5.74, 6) is 0.0230. The first-order chi connectivity index (χ1) is 5.65. The van der Waals surface area contributed by atoms with Crippen molar-refractivity contribution < 1.29 is 4.79 Å². The maximum Gasteiger partial charge on any atom is 0.190 e. The van der Waals surface area contributed by atoms with Gasteiger partial charge in [0.2, 0.25) is 0 Å². The Balaban J connectivity index is 2.78. The zero-order valence-electron chi connectivity index (χ0n) is 6.51. The first-order valence-corrected chi connectivity index (χ1v) is 5.63. The minimum Gasteiger partial charge on any atom is -0.292 e. The lowest BCUT2D eigenvalue weighted by Gasteiger charge is -2.01. The van der Waals surface area contributed by atoms with Crippen LogP contribution in [0.3, 0.4) is 0 Å². The van der Waals surface area contributed by atoms with E-state index in [2.05, 4.69) is 15.9 Å². The summed E-state index contributed by atoms with van der Waals surface area (Å²) in [6.45, 7) is 1.90. The van der Waals surface area contributed by atoms with E-state index in [0.717, 1.165) is 8.66 Å². The lowest BCUT2D eigenvalue weighted by Crippen LogP contribution is -2.11. The third-order valence-electron chi connectivity index (χ3n) is 1.46. The average Bonchev–Trinajstić information content (AvgIpc) is 2.49. The topological polar surface area (TPSA) is 17.1 Å². The molecule has 0 spiro atoms. The van der Waals surface area contributed by atoms with Gasteiger partial charge < -0.3 is 0 Å². The minimum absolute atomic E-state index is 0.0230. The van der Waals surface area contributed by atoms with E-state index in [1.807, 2.05) is 13.0 Å². The summed E-state index contributed by atoms with van der Waals surface area (Å²) in [4.78, 5) is 12.2. The van der Waals surface area contributed by atoms with E-state index in [4.69, 9.17) is 11.6 Å². The van der Waals surface area contributed by atoms with Crippen molar-refractivity contribution in [2.24, 2.45) is 0 Å². The molecule has 4 heteroatoms. The molecule has 1 unspecified atom stereocenters. The number of hydrogen-bond donors (Lipinski definition) is 0.